The Morgan fingerprint density at radius 1 is 1.50 bits per heavy atom. The number of carboxylic acids is 1. The zero-order chi connectivity index (χ0) is 15.1. The van der Waals surface area contributed by atoms with E-state index < -0.39 is 23.0 Å². The van der Waals surface area contributed by atoms with Gasteiger partial charge in [0.25, 0.3) is 0 Å². The third kappa shape index (κ3) is 1.93. The van der Waals surface area contributed by atoms with Crippen LogP contribution in [0.3, 0.4) is 0 Å². The molecule has 1 amide bonds. The number of hydrogen-bond donors (Lipinski definition) is 3. The van der Waals surface area contributed by atoms with Gasteiger partial charge in [-0.25, -0.2) is 4.79 Å². The van der Waals surface area contributed by atoms with Crippen LogP contribution >= 0.6 is 0 Å². The number of ether oxygens (including phenoxy) is 1. The second kappa shape index (κ2) is 5.00. The van der Waals surface area contributed by atoms with Crippen molar-refractivity contribution in [3.05, 3.63) is 0 Å². The summed E-state index contributed by atoms with van der Waals surface area (Å²) in [5.74, 6) is -1.43. The van der Waals surface area contributed by atoms with E-state index in [2.05, 4.69) is 5.32 Å². The van der Waals surface area contributed by atoms with E-state index in [-0.39, 0.29) is 17.9 Å². The molecule has 4 N–H and O–H groups in total. The Labute approximate surface area is 119 Å². The number of aliphatic carboxylic acids is 1. The van der Waals surface area contributed by atoms with Gasteiger partial charge in [0.2, 0.25) is 5.91 Å². The molecular weight excluding hydrogens is 260 g/mol. The molecule has 2 rings (SSSR count). The number of hydrogen-bond acceptors (Lipinski definition) is 4. The predicted octanol–water partition coefficient (Wildman–Crippen LogP) is 0.498. The maximum atomic E-state index is 12.5. The van der Waals surface area contributed by atoms with Gasteiger partial charge in [0.15, 0.2) is 0 Å². The average Bonchev–Trinajstić information content (AvgIpc) is 2.43. The first-order valence-electron chi connectivity index (χ1n) is 7.21. The highest BCUT2D eigenvalue weighted by Gasteiger charge is 2.70. The molecule has 1 saturated heterocycles. The summed E-state index contributed by atoms with van der Waals surface area (Å²) in [6, 6.07) is -0.887. The van der Waals surface area contributed by atoms with Crippen LogP contribution in [0.2, 0.25) is 0 Å². The largest absolute Gasteiger partial charge is 0.480 e. The van der Waals surface area contributed by atoms with Crippen LogP contribution in [0.15, 0.2) is 0 Å². The van der Waals surface area contributed by atoms with Crippen molar-refractivity contribution in [3.8, 4) is 0 Å². The molecule has 2 fully saturated rings. The number of carbonyl (C=O) groups is 2. The predicted molar refractivity (Wildman–Crippen MR) is 73.0 cm³/mol. The van der Waals surface area contributed by atoms with Gasteiger partial charge in [-0.1, -0.05) is 20.8 Å². The number of carboxylic acid groups (broad SMARTS) is 1. The molecule has 0 aromatic carbocycles. The summed E-state index contributed by atoms with van der Waals surface area (Å²) in [7, 11) is 0. The number of rotatable bonds is 4. The lowest BCUT2D eigenvalue weighted by atomic mass is 9.46. The first-order chi connectivity index (χ1) is 9.26. The van der Waals surface area contributed by atoms with E-state index in [0.717, 1.165) is 12.8 Å². The molecule has 0 aromatic rings. The molecule has 1 saturated carbocycles. The van der Waals surface area contributed by atoms with Crippen LogP contribution < -0.4 is 11.1 Å². The van der Waals surface area contributed by atoms with E-state index in [1.54, 1.807) is 6.92 Å². The first kappa shape index (κ1) is 15.3. The minimum Gasteiger partial charge on any atom is -0.480 e. The molecule has 3 unspecified atom stereocenters. The molecule has 2 aliphatic rings. The third-order valence-corrected chi connectivity index (χ3v) is 5.07. The number of fused-ring (bicyclic) bond motifs is 1. The Balaban J connectivity index is 2.17. The van der Waals surface area contributed by atoms with Crippen LogP contribution in [0.25, 0.3) is 0 Å². The fraction of sp³-hybridized carbons (Fsp3) is 0.857. The van der Waals surface area contributed by atoms with Crippen molar-refractivity contribution in [2.75, 3.05) is 6.61 Å². The summed E-state index contributed by atoms with van der Waals surface area (Å²) >= 11 is 0. The van der Waals surface area contributed by atoms with Gasteiger partial charge < -0.3 is 20.9 Å². The molecular formula is C14H24N2O4. The minimum absolute atomic E-state index is 0.0168. The summed E-state index contributed by atoms with van der Waals surface area (Å²) in [5, 5.41) is 11.6. The van der Waals surface area contributed by atoms with Crippen LogP contribution in [0.5, 0.6) is 0 Å². The fourth-order valence-electron chi connectivity index (χ4n) is 3.65. The lowest BCUT2D eigenvalue weighted by molar-refractivity contribution is -0.225. The topological polar surface area (TPSA) is 102 Å². The van der Waals surface area contributed by atoms with Gasteiger partial charge in [-0.05, 0) is 19.3 Å². The second-order valence-corrected chi connectivity index (χ2v) is 6.40. The normalized spacial score (nSPS) is 36.4. The summed E-state index contributed by atoms with van der Waals surface area (Å²) in [6.07, 6.45) is 2.06. The second-order valence-electron chi connectivity index (χ2n) is 6.40. The zero-order valence-corrected chi connectivity index (χ0v) is 12.3. The Bertz CT molecular complexity index is 423. The van der Waals surface area contributed by atoms with Crippen molar-refractivity contribution in [2.24, 2.45) is 17.1 Å². The zero-order valence-electron chi connectivity index (χ0n) is 12.3. The molecule has 20 heavy (non-hydrogen) atoms. The van der Waals surface area contributed by atoms with Crippen molar-refractivity contribution in [1.29, 1.82) is 0 Å². The molecule has 6 nitrogen and oxygen atoms in total. The van der Waals surface area contributed by atoms with Crippen molar-refractivity contribution >= 4 is 11.9 Å². The van der Waals surface area contributed by atoms with E-state index in [1.807, 2.05) is 13.8 Å². The summed E-state index contributed by atoms with van der Waals surface area (Å²) < 4.78 is 5.74. The Morgan fingerprint density at radius 3 is 2.70 bits per heavy atom. The van der Waals surface area contributed by atoms with Gasteiger partial charge in [-0.2, -0.15) is 0 Å². The van der Waals surface area contributed by atoms with E-state index >= 15 is 0 Å². The molecule has 114 valence electrons. The number of nitrogens with two attached hydrogens (primary N) is 1. The first-order valence-corrected chi connectivity index (χ1v) is 7.21. The number of amides is 1. The summed E-state index contributed by atoms with van der Waals surface area (Å²) in [4.78, 5) is 23.6. The van der Waals surface area contributed by atoms with Gasteiger partial charge in [0, 0.05) is 17.9 Å². The van der Waals surface area contributed by atoms with Crippen LogP contribution in [-0.2, 0) is 14.3 Å². The van der Waals surface area contributed by atoms with Crippen LogP contribution in [0, 0.1) is 11.3 Å². The van der Waals surface area contributed by atoms with Crippen molar-refractivity contribution < 1.29 is 19.4 Å². The van der Waals surface area contributed by atoms with Gasteiger partial charge in [0.1, 0.15) is 11.6 Å². The van der Waals surface area contributed by atoms with E-state index in [1.165, 1.54) is 0 Å². The number of nitrogens with one attached hydrogen (secondary N) is 1. The van der Waals surface area contributed by atoms with Gasteiger partial charge in [0.05, 0.1) is 6.10 Å². The van der Waals surface area contributed by atoms with Crippen LogP contribution in [-0.4, -0.2) is 41.3 Å². The molecule has 4 atom stereocenters. The summed E-state index contributed by atoms with van der Waals surface area (Å²) in [5.41, 5.74) is 4.86. The van der Waals surface area contributed by atoms with Crippen molar-refractivity contribution in [2.45, 2.75) is 57.7 Å². The molecule has 1 aliphatic carbocycles. The molecule has 6 heteroatoms. The average molecular weight is 284 g/mol. The Kier molecular flexibility index (Phi) is 3.81. The fourth-order valence-corrected chi connectivity index (χ4v) is 3.65. The minimum atomic E-state index is -1.05. The Morgan fingerprint density at radius 2 is 2.15 bits per heavy atom. The standard InChI is InChI=1S/C14H24N2O4/c1-4-9(11(17)18)16-12(19)14(15)8-6-5-7-20-10(8)13(14,2)3/h8-10H,4-7,15H2,1-3H3,(H,16,19)(H,17,18)/t8?,9-,10?,14?/m0/s1. The highest BCUT2D eigenvalue weighted by atomic mass is 16.5. The van der Waals surface area contributed by atoms with E-state index in [4.69, 9.17) is 15.6 Å². The summed E-state index contributed by atoms with van der Waals surface area (Å²) in [6.45, 7) is 6.26. The maximum absolute atomic E-state index is 12.5. The third-order valence-electron chi connectivity index (χ3n) is 5.07. The lowest BCUT2D eigenvalue weighted by Crippen LogP contribution is -2.82. The number of carbonyl (C=O) groups excluding carboxylic acids is 1. The van der Waals surface area contributed by atoms with Crippen LogP contribution in [0.1, 0.15) is 40.0 Å². The molecule has 0 spiro atoms. The molecule has 0 aromatic heterocycles. The molecule has 0 radical (unpaired) electrons. The van der Waals surface area contributed by atoms with E-state index in [9.17, 15) is 9.59 Å². The van der Waals surface area contributed by atoms with Crippen molar-refractivity contribution in [3.63, 3.8) is 0 Å². The Hall–Kier alpha value is -1.14. The maximum Gasteiger partial charge on any atom is 0.326 e. The molecule has 0 bridgehead atoms. The lowest BCUT2D eigenvalue weighted by Gasteiger charge is -2.65. The van der Waals surface area contributed by atoms with Gasteiger partial charge >= 0.3 is 5.97 Å². The SMILES string of the molecule is CC[C@H](NC(=O)C1(N)C2CCCOC2C1(C)C)C(=O)O. The quantitative estimate of drug-likeness (QED) is 0.697. The molecule has 1 aliphatic heterocycles. The highest BCUT2D eigenvalue weighted by molar-refractivity contribution is 5.92. The van der Waals surface area contributed by atoms with Crippen molar-refractivity contribution in [1.82, 2.24) is 5.32 Å². The highest BCUT2D eigenvalue weighted by Crippen LogP contribution is 2.57. The molecule has 1 heterocycles. The monoisotopic (exact) mass is 284 g/mol. The smallest absolute Gasteiger partial charge is 0.326 e. The van der Waals surface area contributed by atoms with Gasteiger partial charge in [-0.3, -0.25) is 4.79 Å². The van der Waals surface area contributed by atoms with Crippen LogP contribution in [0.4, 0.5) is 0 Å². The van der Waals surface area contributed by atoms with E-state index in [0.29, 0.717) is 13.0 Å². The van der Waals surface area contributed by atoms with Gasteiger partial charge in [-0.15, -0.1) is 0 Å².